The molecule has 8 heteroatoms. The Hall–Kier alpha value is -2.44. The molecule has 2 aromatic rings. The normalized spacial score (nSPS) is 11.5. The lowest BCUT2D eigenvalue weighted by Gasteiger charge is -2.16. The predicted octanol–water partition coefficient (Wildman–Crippen LogP) is 4.38. The highest BCUT2D eigenvalue weighted by Gasteiger charge is 2.15. The highest BCUT2D eigenvalue weighted by molar-refractivity contribution is 6.35. The molecule has 0 saturated carbocycles. The number of ether oxygens (including phenoxy) is 2. The zero-order chi connectivity index (χ0) is 21.4. The lowest BCUT2D eigenvalue weighted by molar-refractivity contribution is -0.132. The van der Waals surface area contributed by atoms with E-state index in [0.717, 1.165) is 11.1 Å². The van der Waals surface area contributed by atoms with E-state index in [1.807, 2.05) is 26.0 Å². The second kappa shape index (κ2) is 10.9. The van der Waals surface area contributed by atoms with Crippen LogP contribution in [0.3, 0.4) is 0 Å². The minimum absolute atomic E-state index is 0.178. The van der Waals surface area contributed by atoms with Crippen molar-refractivity contribution < 1.29 is 19.1 Å². The van der Waals surface area contributed by atoms with Gasteiger partial charge in [-0.15, -0.1) is 0 Å². The van der Waals surface area contributed by atoms with Gasteiger partial charge >= 0.3 is 0 Å². The van der Waals surface area contributed by atoms with E-state index in [9.17, 15) is 9.59 Å². The van der Waals surface area contributed by atoms with Gasteiger partial charge in [0.15, 0.2) is 6.10 Å². The smallest absolute Gasteiger partial charge is 0.279 e. The number of carbonyl (C=O) groups is 2. The third-order valence-corrected chi connectivity index (χ3v) is 4.72. The summed E-state index contributed by atoms with van der Waals surface area (Å²) in [5.41, 5.74) is 6.95. The van der Waals surface area contributed by atoms with Crippen LogP contribution < -0.4 is 20.3 Å². The largest absolute Gasteiger partial charge is 0.492 e. The lowest BCUT2D eigenvalue weighted by atomic mass is 10.1. The molecule has 0 spiro atoms. The standard InChI is InChI=1S/C21H24Cl2N2O4/c1-13-6-8-17(11-14(13)2)29-15(3)21(27)25-24-20(26)5-4-10-28-19-9-7-16(22)12-18(19)23/h6-9,11-12,15H,4-5,10H2,1-3H3,(H,24,26)(H,25,27). The summed E-state index contributed by atoms with van der Waals surface area (Å²) in [5, 5.41) is 0.931. The van der Waals surface area contributed by atoms with Crippen LogP contribution in [0.4, 0.5) is 0 Å². The molecule has 0 aromatic heterocycles. The van der Waals surface area contributed by atoms with Crippen LogP contribution in [0.15, 0.2) is 36.4 Å². The highest BCUT2D eigenvalue weighted by atomic mass is 35.5. The summed E-state index contributed by atoms with van der Waals surface area (Å²) >= 11 is 11.8. The number of carbonyl (C=O) groups excluding carboxylic acids is 2. The molecule has 0 aliphatic carbocycles. The van der Waals surface area contributed by atoms with Crippen molar-refractivity contribution in [1.82, 2.24) is 10.9 Å². The maximum atomic E-state index is 12.1. The summed E-state index contributed by atoms with van der Waals surface area (Å²) < 4.78 is 11.1. The molecule has 6 nitrogen and oxygen atoms in total. The lowest BCUT2D eigenvalue weighted by Crippen LogP contribution is -2.47. The number of amides is 2. The third kappa shape index (κ3) is 7.48. The van der Waals surface area contributed by atoms with E-state index in [-0.39, 0.29) is 12.3 Å². The van der Waals surface area contributed by atoms with Crippen molar-refractivity contribution in [1.29, 1.82) is 0 Å². The number of rotatable bonds is 8. The molecule has 2 rings (SSSR count). The summed E-state index contributed by atoms with van der Waals surface area (Å²) in [6.07, 6.45) is -0.124. The van der Waals surface area contributed by atoms with E-state index in [0.29, 0.717) is 34.6 Å². The van der Waals surface area contributed by atoms with Crippen molar-refractivity contribution in [2.24, 2.45) is 0 Å². The summed E-state index contributed by atoms with van der Waals surface area (Å²) in [4.78, 5) is 24.0. The summed E-state index contributed by atoms with van der Waals surface area (Å²) in [7, 11) is 0. The zero-order valence-electron chi connectivity index (χ0n) is 16.6. The number of hydrogen-bond donors (Lipinski definition) is 2. The number of benzene rings is 2. The number of halogens is 2. The predicted molar refractivity (Wildman–Crippen MR) is 113 cm³/mol. The molecule has 0 radical (unpaired) electrons. The second-order valence-corrected chi connectivity index (χ2v) is 7.41. The average molecular weight is 439 g/mol. The SMILES string of the molecule is Cc1ccc(OC(C)C(=O)NNC(=O)CCCOc2ccc(Cl)cc2Cl)cc1C. The summed E-state index contributed by atoms with van der Waals surface area (Å²) in [6.45, 7) is 5.88. The van der Waals surface area contributed by atoms with E-state index in [2.05, 4.69) is 10.9 Å². The topological polar surface area (TPSA) is 76.7 Å². The van der Waals surface area contributed by atoms with Gasteiger partial charge in [0.2, 0.25) is 5.91 Å². The fourth-order valence-corrected chi connectivity index (χ4v) is 2.81. The van der Waals surface area contributed by atoms with E-state index in [1.165, 1.54) is 0 Å². The molecule has 0 aliphatic rings. The molecule has 1 atom stereocenters. The van der Waals surface area contributed by atoms with Crippen molar-refractivity contribution in [3.63, 3.8) is 0 Å². The molecule has 29 heavy (non-hydrogen) atoms. The first kappa shape index (κ1) is 22.8. The Bertz CT molecular complexity index is 874. The third-order valence-electron chi connectivity index (χ3n) is 4.19. The Labute approximate surface area is 180 Å². The number of aryl methyl sites for hydroxylation is 2. The van der Waals surface area contributed by atoms with Crippen LogP contribution in [0.25, 0.3) is 0 Å². The maximum absolute atomic E-state index is 12.1. The first-order chi connectivity index (χ1) is 13.8. The van der Waals surface area contributed by atoms with Crippen LogP contribution in [0, 0.1) is 13.8 Å². The van der Waals surface area contributed by atoms with Crippen LogP contribution >= 0.6 is 23.2 Å². The van der Waals surface area contributed by atoms with Gasteiger partial charge in [-0.25, -0.2) is 0 Å². The molecule has 156 valence electrons. The molecule has 0 saturated heterocycles. The number of hydrogen-bond acceptors (Lipinski definition) is 4. The maximum Gasteiger partial charge on any atom is 0.279 e. The number of nitrogens with one attached hydrogen (secondary N) is 2. The first-order valence-electron chi connectivity index (χ1n) is 9.16. The van der Waals surface area contributed by atoms with Crippen molar-refractivity contribution >= 4 is 35.0 Å². The summed E-state index contributed by atoms with van der Waals surface area (Å²) in [5.74, 6) is 0.325. The van der Waals surface area contributed by atoms with Gasteiger partial charge in [-0.3, -0.25) is 20.4 Å². The van der Waals surface area contributed by atoms with Gasteiger partial charge < -0.3 is 9.47 Å². The Balaban J connectivity index is 1.67. The number of hydrazine groups is 1. The quantitative estimate of drug-likeness (QED) is 0.473. The van der Waals surface area contributed by atoms with Crippen LogP contribution in [-0.2, 0) is 9.59 Å². The van der Waals surface area contributed by atoms with Crippen molar-refractivity contribution in [3.05, 3.63) is 57.6 Å². The van der Waals surface area contributed by atoms with Gasteiger partial charge in [0.05, 0.1) is 11.6 Å². The van der Waals surface area contributed by atoms with Crippen molar-refractivity contribution in [3.8, 4) is 11.5 Å². The molecule has 0 bridgehead atoms. The monoisotopic (exact) mass is 438 g/mol. The van der Waals surface area contributed by atoms with Crippen LogP contribution in [0.5, 0.6) is 11.5 Å². The van der Waals surface area contributed by atoms with Gasteiger partial charge in [-0.05, 0) is 68.7 Å². The van der Waals surface area contributed by atoms with Gasteiger partial charge in [0, 0.05) is 11.4 Å². The molecule has 2 amide bonds. The van der Waals surface area contributed by atoms with Crippen LogP contribution in [-0.4, -0.2) is 24.5 Å². The van der Waals surface area contributed by atoms with E-state index in [4.69, 9.17) is 32.7 Å². The van der Waals surface area contributed by atoms with Gasteiger partial charge in [0.25, 0.3) is 5.91 Å². The molecule has 0 fully saturated rings. The van der Waals surface area contributed by atoms with E-state index >= 15 is 0 Å². The van der Waals surface area contributed by atoms with Crippen molar-refractivity contribution in [2.75, 3.05) is 6.61 Å². The fourth-order valence-electron chi connectivity index (χ4n) is 2.35. The fraction of sp³-hybridized carbons (Fsp3) is 0.333. The Morgan fingerprint density at radius 2 is 1.79 bits per heavy atom. The molecule has 2 aromatic carbocycles. The molecule has 2 N–H and O–H groups in total. The van der Waals surface area contributed by atoms with Crippen LogP contribution in [0.1, 0.15) is 30.9 Å². The first-order valence-corrected chi connectivity index (χ1v) is 9.92. The molecule has 0 heterocycles. The second-order valence-electron chi connectivity index (χ2n) is 6.57. The molecular weight excluding hydrogens is 415 g/mol. The van der Waals surface area contributed by atoms with Crippen LogP contribution in [0.2, 0.25) is 10.0 Å². The Morgan fingerprint density at radius 1 is 1.03 bits per heavy atom. The zero-order valence-corrected chi connectivity index (χ0v) is 18.1. The van der Waals surface area contributed by atoms with E-state index < -0.39 is 12.0 Å². The van der Waals surface area contributed by atoms with Gasteiger partial charge in [0.1, 0.15) is 11.5 Å². The molecule has 1 unspecified atom stereocenters. The molecule has 0 aliphatic heterocycles. The Kier molecular flexibility index (Phi) is 8.61. The van der Waals surface area contributed by atoms with Crippen molar-refractivity contribution in [2.45, 2.75) is 39.7 Å². The summed E-state index contributed by atoms with van der Waals surface area (Å²) in [6, 6.07) is 10.5. The average Bonchev–Trinajstić information content (AvgIpc) is 2.67. The van der Waals surface area contributed by atoms with Gasteiger partial charge in [-0.1, -0.05) is 29.3 Å². The van der Waals surface area contributed by atoms with Gasteiger partial charge in [-0.2, -0.15) is 0 Å². The van der Waals surface area contributed by atoms with E-state index in [1.54, 1.807) is 31.2 Å². The minimum atomic E-state index is -0.757. The molecular formula is C21H24Cl2N2O4. The highest BCUT2D eigenvalue weighted by Crippen LogP contribution is 2.27. The minimum Gasteiger partial charge on any atom is -0.492 e. The Morgan fingerprint density at radius 3 is 2.48 bits per heavy atom.